The number of hydrogen-bond donors (Lipinski definition) is 0. The van der Waals surface area contributed by atoms with Crippen molar-refractivity contribution in [2.24, 2.45) is 0 Å². The lowest BCUT2D eigenvalue weighted by Gasteiger charge is -2.25. The van der Waals surface area contributed by atoms with Crippen LogP contribution >= 0.6 is 0 Å². The molecule has 2 rings (SSSR count). The minimum absolute atomic E-state index is 0.105. The summed E-state index contributed by atoms with van der Waals surface area (Å²) in [4.78, 5) is 28.8. The van der Waals surface area contributed by atoms with Gasteiger partial charge in [-0.3, -0.25) is 14.6 Å². The average molecular weight is 298 g/mol. The number of para-hydroxylation sites is 1. The van der Waals surface area contributed by atoms with E-state index in [0.717, 1.165) is 5.56 Å². The molecule has 0 saturated carbocycles. The number of carbonyl (C=O) groups excluding carboxylic acids is 2. The molecule has 1 heterocycles. The zero-order valence-corrected chi connectivity index (χ0v) is 12.6. The fourth-order valence-electron chi connectivity index (χ4n) is 2.01. The maximum Gasteiger partial charge on any atom is 0.260 e. The number of ether oxygens (including phenoxy) is 1. The van der Waals surface area contributed by atoms with Gasteiger partial charge in [0.1, 0.15) is 5.75 Å². The van der Waals surface area contributed by atoms with Gasteiger partial charge in [0.2, 0.25) is 0 Å². The fourth-order valence-corrected chi connectivity index (χ4v) is 2.01. The van der Waals surface area contributed by atoms with E-state index in [0.29, 0.717) is 17.6 Å². The Morgan fingerprint density at radius 1 is 1.32 bits per heavy atom. The van der Waals surface area contributed by atoms with Crippen LogP contribution in [-0.4, -0.2) is 35.7 Å². The van der Waals surface area contributed by atoms with E-state index in [2.05, 4.69) is 4.98 Å². The summed E-state index contributed by atoms with van der Waals surface area (Å²) in [6.45, 7) is 1.81. The van der Waals surface area contributed by atoms with Crippen LogP contribution in [0.4, 0.5) is 0 Å². The molecule has 0 N–H and O–H groups in total. The minimum atomic E-state index is -0.169. The van der Waals surface area contributed by atoms with Crippen LogP contribution in [0.3, 0.4) is 0 Å². The standard InChI is InChI=1S/C17H18N2O3/c1-13(14-7-5-9-18-10-14)19(2)17(21)12-22-16-8-4-3-6-15(16)11-20/h3-11,13H,12H2,1-2H3. The Balaban J connectivity index is 1.98. The molecule has 0 bridgehead atoms. The molecule has 2 aromatic rings. The number of rotatable bonds is 6. The molecular weight excluding hydrogens is 280 g/mol. The number of nitrogens with zero attached hydrogens (tertiary/aromatic N) is 2. The second-order valence-electron chi connectivity index (χ2n) is 4.91. The largest absolute Gasteiger partial charge is 0.483 e. The first-order valence-corrected chi connectivity index (χ1v) is 6.96. The molecule has 0 aliphatic carbocycles. The first-order valence-electron chi connectivity index (χ1n) is 6.96. The molecule has 0 aliphatic heterocycles. The Labute approximate surface area is 129 Å². The normalized spacial score (nSPS) is 11.5. The van der Waals surface area contributed by atoms with E-state index in [1.165, 1.54) is 0 Å². The van der Waals surface area contributed by atoms with Gasteiger partial charge in [0.15, 0.2) is 12.9 Å². The van der Waals surface area contributed by atoms with Crippen LogP contribution in [0.15, 0.2) is 48.8 Å². The highest BCUT2D eigenvalue weighted by Crippen LogP contribution is 2.19. The van der Waals surface area contributed by atoms with Crippen molar-refractivity contribution < 1.29 is 14.3 Å². The first-order chi connectivity index (χ1) is 10.6. The Morgan fingerprint density at radius 2 is 2.09 bits per heavy atom. The molecule has 1 unspecified atom stereocenters. The van der Waals surface area contributed by atoms with Gasteiger partial charge in [-0.2, -0.15) is 0 Å². The van der Waals surface area contributed by atoms with Crippen LogP contribution in [0, 0.1) is 0 Å². The van der Waals surface area contributed by atoms with Gasteiger partial charge < -0.3 is 9.64 Å². The lowest BCUT2D eigenvalue weighted by atomic mass is 10.1. The van der Waals surface area contributed by atoms with Gasteiger partial charge in [-0.25, -0.2) is 0 Å². The summed E-state index contributed by atoms with van der Waals surface area (Å²) in [5, 5.41) is 0. The highest BCUT2D eigenvalue weighted by Gasteiger charge is 2.18. The minimum Gasteiger partial charge on any atom is -0.483 e. The van der Waals surface area contributed by atoms with Crippen molar-refractivity contribution in [3.63, 3.8) is 0 Å². The summed E-state index contributed by atoms with van der Waals surface area (Å²) < 4.78 is 5.46. The van der Waals surface area contributed by atoms with Crippen LogP contribution in [-0.2, 0) is 4.79 Å². The van der Waals surface area contributed by atoms with E-state index in [-0.39, 0.29) is 18.6 Å². The molecule has 0 spiro atoms. The molecule has 0 saturated heterocycles. The molecule has 1 aromatic carbocycles. The predicted octanol–water partition coefficient (Wildman–Crippen LogP) is 2.49. The van der Waals surface area contributed by atoms with E-state index in [9.17, 15) is 9.59 Å². The van der Waals surface area contributed by atoms with Crippen LogP contribution in [0.2, 0.25) is 0 Å². The van der Waals surface area contributed by atoms with Crippen molar-refractivity contribution in [2.45, 2.75) is 13.0 Å². The molecular formula is C17H18N2O3. The number of carbonyl (C=O) groups is 2. The molecule has 0 aliphatic rings. The molecule has 1 aromatic heterocycles. The lowest BCUT2D eigenvalue weighted by Crippen LogP contribution is -2.33. The van der Waals surface area contributed by atoms with Crippen molar-refractivity contribution in [3.8, 4) is 5.75 Å². The van der Waals surface area contributed by atoms with E-state index >= 15 is 0 Å². The highest BCUT2D eigenvalue weighted by atomic mass is 16.5. The van der Waals surface area contributed by atoms with Gasteiger partial charge in [-0.1, -0.05) is 18.2 Å². The Kier molecular flexibility index (Phi) is 5.25. The van der Waals surface area contributed by atoms with Gasteiger partial charge >= 0.3 is 0 Å². The SMILES string of the molecule is CC(c1cccnc1)N(C)C(=O)COc1ccccc1C=O. The maximum absolute atomic E-state index is 12.2. The summed E-state index contributed by atoms with van der Waals surface area (Å²) in [6, 6.07) is 10.5. The first kappa shape index (κ1) is 15.7. The van der Waals surface area contributed by atoms with Crippen molar-refractivity contribution in [1.29, 1.82) is 0 Å². The quantitative estimate of drug-likeness (QED) is 0.769. The summed E-state index contributed by atoms with van der Waals surface area (Å²) in [5.41, 5.74) is 1.38. The maximum atomic E-state index is 12.2. The molecule has 5 nitrogen and oxygen atoms in total. The number of aromatic nitrogens is 1. The molecule has 1 atom stereocenters. The van der Waals surface area contributed by atoms with Crippen molar-refractivity contribution in [3.05, 3.63) is 59.9 Å². The van der Waals surface area contributed by atoms with Gasteiger partial charge in [0.25, 0.3) is 5.91 Å². The summed E-state index contributed by atoms with van der Waals surface area (Å²) in [6.07, 6.45) is 4.14. The van der Waals surface area contributed by atoms with E-state index in [1.54, 1.807) is 48.6 Å². The number of benzene rings is 1. The van der Waals surface area contributed by atoms with Gasteiger partial charge in [-0.15, -0.1) is 0 Å². The topological polar surface area (TPSA) is 59.5 Å². The van der Waals surface area contributed by atoms with E-state index in [1.807, 2.05) is 19.1 Å². The van der Waals surface area contributed by atoms with E-state index < -0.39 is 0 Å². The number of aldehydes is 1. The molecule has 5 heteroatoms. The van der Waals surface area contributed by atoms with Crippen molar-refractivity contribution >= 4 is 12.2 Å². The summed E-state index contributed by atoms with van der Waals surface area (Å²) in [7, 11) is 1.72. The number of amides is 1. The van der Waals surface area contributed by atoms with Gasteiger partial charge in [-0.05, 0) is 30.7 Å². The smallest absolute Gasteiger partial charge is 0.260 e. The molecule has 22 heavy (non-hydrogen) atoms. The van der Waals surface area contributed by atoms with Gasteiger partial charge in [0.05, 0.1) is 11.6 Å². The third kappa shape index (κ3) is 3.69. The molecule has 1 amide bonds. The third-order valence-corrected chi connectivity index (χ3v) is 3.54. The monoisotopic (exact) mass is 298 g/mol. The summed E-state index contributed by atoms with van der Waals surface area (Å²) >= 11 is 0. The van der Waals surface area contributed by atoms with Gasteiger partial charge in [0, 0.05) is 19.4 Å². The zero-order valence-electron chi connectivity index (χ0n) is 12.6. The number of hydrogen-bond acceptors (Lipinski definition) is 4. The molecule has 114 valence electrons. The van der Waals surface area contributed by atoms with Crippen molar-refractivity contribution in [2.75, 3.05) is 13.7 Å². The number of likely N-dealkylation sites (N-methyl/N-ethyl adjacent to an activating group) is 1. The second kappa shape index (κ2) is 7.36. The predicted molar refractivity (Wildman–Crippen MR) is 82.7 cm³/mol. The van der Waals surface area contributed by atoms with Crippen molar-refractivity contribution in [1.82, 2.24) is 9.88 Å². The van der Waals surface area contributed by atoms with Crippen LogP contribution < -0.4 is 4.74 Å². The Bertz CT molecular complexity index is 643. The third-order valence-electron chi connectivity index (χ3n) is 3.54. The molecule has 0 radical (unpaired) electrons. The fraction of sp³-hybridized carbons (Fsp3) is 0.235. The summed E-state index contributed by atoms with van der Waals surface area (Å²) in [5.74, 6) is 0.241. The average Bonchev–Trinajstić information content (AvgIpc) is 2.59. The Hall–Kier alpha value is -2.69. The number of pyridine rings is 1. The second-order valence-corrected chi connectivity index (χ2v) is 4.91. The molecule has 0 fully saturated rings. The Morgan fingerprint density at radius 3 is 2.77 bits per heavy atom. The lowest BCUT2D eigenvalue weighted by molar-refractivity contribution is -0.134. The van der Waals surface area contributed by atoms with Crippen LogP contribution in [0.5, 0.6) is 5.75 Å². The zero-order chi connectivity index (χ0) is 15.9. The van der Waals surface area contributed by atoms with Crippen LogP contribution in [0.25, 0.3) is 0 Å². The van der Waals surface area contributed by atoms with E-state index in [4.69, 9.17) is 4.74 Å². The highest BCUT2D eigenvalue weighted by molar-refractivity contribution is 5.81. The van der Waals surface area contributed by atoms with Crippen LogP contribution in [0.1, 0.15) is 28.9 Å².